The minimum absolute atomic E-state index is 0.624. The second-order valence-corrected chi connectivity index (χ2v) is 8.15. The number of aliphatic imine (C=N–C) groups is 2. The van der Waals surface area contributed by atoms with Gasteiger partial charge in [0.25, 0.3) is 0 Å². The van der Waals surface area contributed by atoms with Gasteiger partial charge in [-0.15, -0.1) is 0 Å². The first-order valence-corrected chi connectivity index (χ1v) is 10.3. The number of rotatable bonds is 4. The molecule has 0 aliphatic rings. The minimum atomic E-state index is 0.624. The van der Waals surface area contributed by atoms with E-state index in [-0.39, 0.29) is 0 Å². The quantitative estimate of drug-likeness (QED) is 0.464. The first kappa shape index (κ1) is 21.6. The van der Waals surface area contributed by atoms with Gasteiger partial charge in [0.05, 0.1) is 28.5 Å². The van der Waals surface area contributed by atoms with E-state index in [2.05, 4.69) is 70.8 Å². The summed E-state index contributed by atoms with van der Waals surface area (Å²) in [5.74, 6) is 0.624. The number of nitrogens with zero attached hydrogens (tertiary/aromatic N) is 4. The lowest BCUT2D eigenvalue weighted by molar-refractivity contribution is 1.10. The number of hydrogen-bond acceptors (Lipinski definition) is 4. The number of hydrogen-bond donors (Lipinski definition) is 0. The third-order valence-electron chi connectivity index (χ3n) is 5.18. The standard InChI is InChI=1S/C26H30N4/c1-15-11-17(3)24(18(4)12-15)28-21(7)23-9-10-27-26(30-23)22(8)29-25-19(5)13-16(2)14-20(25)6/h9-14H,1-8H3/b28-21+,29-22+. The molecule has 0 aliphatic carbocycles. The average molecular weight is 399 g/mol. The first-order valence-electron chi connectivity index (χ1n) is 10.3. The van der Waals surface area contributed by atoms with E-state index >= 15 is 0 Å². The van der Waals surface area contributed by atoms with Crippen LogP contribution in [-0.4, -0.2) is 21.4 Å². The molecule has 0 bridgehead atoms. The largest absolute Gasteiger partial charge is 0.251 e. The summed E-state index contributed by atoms with van der Waals surface area (Å²) in [6, 6.07) is 10.5. The molecule has 4 heteroatoms. The highest BCUT2D eigenvalue weighted by atomic mass is 14.9. The van der Waals surface area contributed by atoms with Crippen LogP contribution in [0.25, 0.3) is 0 Å². The van der Waals surface area contributed by atoms with Gasteiger partial charge in [0.2, 0.25) is 0 Å². The van der Waals surface area contributed by atoms with E-state index in [0.717, 1.165) is 39.6 Å². The monoisotopic (exact) mass is 398 g/mol. The molecule has 154 valence electrons. The molecule has 30 heavy (non-hydrogen) atoms. The predicted molar refractivity (Wildman–Crippen MR) is 127 cm³/mol. The molecule has 1 aromatic heterocycles. The molecule has 0 N–H and O–H groups in total. The van der Waals surface area contributed by atoms with Crippen molar-refractivity contribution < 1.29 is 0 Å². The van der Waals surface area contributed by atoms with Crippen molar-refractivity contribution in [3.05, 3.63) is 81.4 Å². The van der Waals surface area contributed by atoms with E-state index in [9.17, 15) is 0 Å². The molecule has 0 aliphatic heterocycles. The van der Waals surface area contributed by atoms with E-state index in [1.165, 1.54) is 22.3 Å². The molecule has 0 unspecified atom stereocenters. The molecule has 1 heterocycles. The van der Waals surface area contributed by atoms with Gasteiger partial charge in [0.1, 0.15) is 0 Å². The third kappa shape index (κ3) is 4.70. The van der Waals surface area contributed by atoms with Gasteiger partial charge in [-0.2, -0.15) is 0 Å². The zero-order valence-electron chi connectivity index (χ0n) is 19.3. The van der Waals surface area contributed by atoms with Gasteiger partial charge in [-0.05, 0) is 83.7 Å². The van der Waals surface area contributed by atoms with Crippen LogP contribution in [0.15, 0.2) is 46.5 Å². The lowest BCUT2D eigenvalue weighted by Gasteiger charge is -2.10. The summed E-state index contributed by atoms with van der Waals surface area (Å²) in [7, 11) is 0. The van der Waals surface area contributed by atoms with Crippen molar-refractivity contribution in [3.63, 3.8) is 0 Å². The average Bonchev–Trinajstić information content (AvgIpc) is 2.67. The highest BCUT2D eigenvalue weighted by molar-refractivity contribution is 6.01. The summed E-state index contributed by atoms with van der Waals surface area (Å²) in [6.07, 6.45) is 1.78. The highest BCUT2D eigenvalue weighted by Crippen LogP contribution is 2.27. The van der Waals surface area contributed by atoms with Crippen LogP contribution >= 0.6 is 0 Å². The molecule has 0 atom stereocenters. The summed E-state index contributed by atoms with van der Waals surface area (Å²) in [4.78, 5) is 18.9. The summed E-state index contributed by atoms with van der Waals surface area (Å²) in [5.41, 5.74) is 11.6. The predicted octanol–water partition coefficient (Wildman–Crippen LogP) is 6.61. The first-order chi connectivity index (χ1) is 14.2. The summed E-state index contributed by atoms with van der Waals surface area (Å²) < 4.78 is 0. The van der Waals surface area contributed by atoms with Crippen LogP contribution in [0.3, 0.4) is 0 Å². The fourth-order valence-electron chi connectivity index (χ4n) is 3.87. The van der Waals surface area contributed by atoms with Crippen LogP contribution in [0.1, 0.15) is 58.7 Å². The van der Waals surface area contributed by atoms with Gasteiger partial charge in [0, 0.05) is 6.20 Å². The van der Waals surface area contributed by atoms with E-state index in [1.54, 1.807) is 6.20 Å². The van der Waals surface area contributed by atoms with Gasteiger partial charge in [-0.3, -0.25) is 4.99 Å². The van der Waals surface area contributed by atoms with E-state index in [4.69, 9.17) is 15.0 Å². The Labute approximate surface area is 179 Å². The highest BCUT2D eigenvalue weighted by Gasteiger charge is 2.10. The van der Waals surface area contributed by atoms with Crippen molar-refractivity contribution in [1.82, 2.24) is 9.97 Å². The molecule has 0 amide bonds. The molecule has 2 aromatic carbocycles. The molecule has 3 rings (SSSR count). The molecular weight excluding hydrogens is 368 g/mol. The molecule has 4 nitrogen and oxygen atoms in total. The Morgan fingerprint density at radius 2 is 1.10 bits per heavy atom. The molecular formula is C26H30N4. The lowest BCUT2D eigenvalue weighted by atomic mass is 10.1. The maximum absolute atomic E-state index is 4.88. The number of aromatic nitrogens is 2. The van der Waals surface area contributed by atoms with Crippen molar-refractivity contribution in [2.24, 2.45) is 9.98 Å². The van der Waals surface area contributed by atoms with Crippen molar-refractivity contribution in [2.75, 3.05) is 0 Å². The molecule has 0 saturated carbocycles. The van der Waals surface area contributed by atoms with Crippen LogP contribution in [0.2, 0.25) is 0 Å². The van der Waals surface area contributed by atoms with E-state index < -0.39 is 0 Å². The fraction of sp³-hybridized carbons (Fsp3) is 0.308. The van der Waals surface area contributed by atoms with E-state index in [0.29, 0.717) is 5.82 Å². The van der Waals surface area contributed by atoms with Crippen molar-refractivity contribution in [2.45, 2.75) is 55.4 Å². The van der Waals surface area contributed by atoms with Crippen molar-refractivity contribution >= 4 is 22.8 Å². The number of benzene rings is 2. The molecule has 3 aromatic rings. The Balaban J connectivity index is 1.99. The molecule has 0 radical (unpaired) electrons. The molecule has 0 spiro atoms. The second-order valence-electron chi connectivity index (χ2n) is 8.15. The maximum atomic E-state index is 4.88. The topological polar surface area (TPSA) is 50.5 Å². The zero-order valence-corrected chi connectivity index (χ0v) is 19.3. The third-order valence-corrected chi connectivity index (χ3v) is 5.18. The Kier molecular flexibility index (Phi) is 6.25. The summed E-state index contributed by atoms with van der Waals surface area (Å²) >= 11 is 0. The van der Waals surface area contributed by atoms with Crippen LogP contribution in [0.5, 0.6) is 0 Å². The summed E-state index contributed by atoms with van der Waals surface area (Å²) in [6.45, 7) is 16.5. The lowest BCUT2D eigenvalue weighted by Crippen LogP contribution is -2.08. The van der Waals surface area contributed by atoms with Crippen molar-refractivity contribution in [1.29, 1.82) is 0 Å². The minimum Gasteiger partial charge on any atom is -0.251 e. The van der Waals surface area contributed by atoms with Gasteiger partial charge in [-0.1, -0.05) is 35.4 Å². The summed E-state index contributed by atoms with van der Waals surface area (Å²) in [5, 5.41) is 0. The van der Waals surface area contributed by atoms with Crippen LogP contribution in [0.4, 0.5) is 11.4 Å². The smallest absolute Gasteiger partial charge is 0.174 e. The Bertz CT molecular complexity index is 1030. The van der Waals surface area contributed by atoms with Crippen LogP contribution in [-0.2, 0) is 0 Å². The Hall–Kier alpha value is -3.14. The SMILES string of the molecule is C/C(=N\c1c(C)cc(C)cc1C)c1ccnc(/C(C)=N/c2c(C)cc(C)cc2C)n1. The molecule has 0 saturated heterocycles. The van der Waals surface area contributed by atoms with E-state index in [1.807, 2.05) is 19.9 Å². The molecule has 0 fully saturated rings. The van der Waals surface area contributed by atoms with Crippen LogP contribution in [0, 0.1) is 41.5 Å². The number of aryl methyl sites for hydroxylation is 6. The van der Waals surface area contributed by atoms with Gasteiger partial charge in [0.15, 0.2) is 5.82 Å². The van der Waals surface area contributed by atoms with Crippen molar-refractivity contribution in [3.8, 4) is 0 Å². The Morgan fingerprint density at radius 1 is 0.667 bits per heavy atom. The van der Waals surface area contributed by atoms with Crippen LogP contribution < -0.4 is 0 Å². The fourth-order valence-corrected chi connectivity index (χ4v) is 3.87. The Morgan fingerprint density at radius 3 is 1.57 bits per heavy atom. The maximum Gasteiger partial charge on any atom is 0.174 e. The normalized spacial score (nSPS) is 12.4. The second kappa shape index (κ2) is 8.70. The van der Waals surface area contributed by atoms with Gasteiger partial charge >= 0.3 is 0 Å². The van der Waals surface area contributed by atoms with Gasteiger partial charge in [-0.25, -0.2) is 15.0 Å². The van der Waals surface area contributed by atoms with Gasteiger partial charge < -0.3 is 0 Å². The zero-order chi connectivity index (χ0) is 22.0.